The first-order chi connectivity index (χ1) is 16.0. The van der Waals surface area contributed by atoms with Gasteiger partial charge in [-0.3, -0.25) is 4.21 Å². The number of hydrogen-bond donors (Lipinski definition) is 2. The van der Waals surface area contributed by atoms with E-state index in [9.17, 15) is 9.32 Å². The zero-order valence-corrected chi connectivity index (χ0v) is 20.2. The van der Waals surface area contributed by atoms with Gasteiger partial charge in [0.1, 0.15) is 10.7 Å². The van der Waals surface area contributed by atoms with E-state index < -0.39 is 10.8 Å². The van der Waals surface area contributed by atoms with Crippen LogP contribution < -0.4 is 10.2 Å². The first kappa shape index (κ1) is 20.7. The Morgan fingerprint density at radius 3 is 2.42 bits per heavy atom. The van der Waals surface area contributed by atoms with Crippen molar-refractivity contribution in [2.75, 3.05) is 16.8 Å². The van der Waals surface area contributed by atoms with Crippen molar-refractivity contribution in [3.63, 3.8) is 0 Å². The number of rotatable bonds is 5. The van der Waals surface area contributed by atoms with Crippen LogP contribution in [0.15, 0.2) is 29.2 Å². The van der Waals surface area contributed by atoms with E-state index in [-0.39, 0.29) is 16.9 Å². The molecule has 33 heavy (non-hydrogen) atoms. The molecule has 174 valence electrons. The van der Waals surface area contributed by atoms with Crippen molar-refractivity contribution in [3.8, 4) is 0 Å². The molecule has 8 rings (SSSR count). The van der Waals surface area contributed by atoms with Crippen LogP contribution in [0.3, 0.4) is 0 Å². The third kappa shape index (κ3) is 3.11. The van der Waals surface area contributed by atoms with E-state index in [2.05, 4.69) is 22.3 Å². The standard InChI is InChI=1S/C25H29ClN4O2S/c26-17-4-2-15(3-5-17)16-10-18-12-19(11-16)30(18)23-27-20-13-25(8-9-25)33(32)21(20)22(28-23)29-24(14-31)6-1-7-24/h2-5,16,18-19,31H,1,6-14H2,(H,27,28,29)/t16?,18?,19?,33-/m1/s1. The number of aliphatic hydroxyl groups is 1. The lowest BCUT2D eigenvalue weighted by Gasteiger charge is -2.55. The summed E-state index contributed by atoms with van der Waals surface area (Å²) in [6.45, 7) is 0.0800. The monoisotopic (exact) mass is 484 g/mol. The molecule has 1 spiro atoms. The minimum atomic E-state index is -1.06. The van der Waals surface area contributed by atoms with Gasteiger partial charge in [0.15, 0.2) is 0 Å². The Morgan fingerprint density at radius 2 is 1.82 bits per heavy atom. The maximum absolute atomic E-state index is 13.4. The molecule has 2 bridgehead atoms. The molecule has 5 fully saturated rings. The van der Waals surface area contributed by atoms with Crippen molar-refractivity contribution in [2.24, 2.45) is 0 Å². The normalized spacial score (nSPS) is 32.1. The molecule has 2 aromatic rings. The maximum atomic E-state index is 13.4. The lowest BCUT2D eigenvalue weighted by atomic mass is 9.71. The Labute approximate surface area is 201 Å². The average molecular weight is 485 g/mol. The second-order valence-corrected chi connectivity index (χ2v) is 13.1. The van der Waals surface area contributed by atoms with Gasteiger partial charge in [-0.25, -0.2) is 4.98 Å². The number of aliphatic hydroxyl groups excluding tert-OH is 1. The molecule has 3 saturated carbocycles. The van der Waals surface area contributed by atoms with Crippen LogP contribution in [0.1, 0.15) is 68.5 Å². The van der Waals surface area contributed by atoms with E-state index in [0.717, 1.165) is 72.9 Å². The predicted molar refractivity (Wildman–Crippen MR) is 129 cm³/mol. The van der Waals surface area contributed by atoms with Gasteiger partial charge in [-0.05, 0) is 75.0 Å². The first-order valence-electron chi connectivity index (χ1n) is 12.2. The van der Waals surface area contributed by atoms with Gasteiger partial charge >= 0.3 is 0 Å². The second-order valence-electron chi connectivity index (χ2n) is 10.9. The van der Waals surface area contributed by atoms with Crippen LogP contribution in [0, 0.1) is 0 Å². The summed E-state index contributed by atoms with van der Waals surface area (Å²) in [6.07, 6.45) is 9.13. The topological polar surface area (TPSA) is 78.4 Å². The van der Waals surface area contributed by atoms with Crippen LogP contribution in [0.2, 0.25) is 5.02 Å². The predicted octanol–water partition coefficient (Wildman–Crippen LogP) is 4.18. The third-order valence-electron chi connectivity index (χ3n) is 8.81. The highest BCUT2D eigenvalue weighted by Crippen LogP contribution is 2.55. The van der Waals surface area contributed by atoms with Crippen LogP contribution in [0.4, 0.5) is 11.8 Å². The summed E-state index contributed by atoms with van der Waals surface area (Å²) in [7, 11) is -1.06. The fourth-order valence-electron chi connectivity index (χ4n) is 6.47. The van der Waals surface area contributed by atoms with Crippen LogP contribution >= 0.6 is 11.6 Å². The largest absolute Gasteiger partial charge is 0.394 e. The Morgan fingerprint density at radius 1 is 1.09 bits per heavy atom. The number of hydrogen-bond acceptors (Lipinski definition) is 6. The molecule has 1 aromatic heterocycles. The summed E-state index contributed by atoms with van der Waals surface area (Å²) >= 11 is 6.09. The van der Waals surface area contributed by atoms with Gasteiger partial charge in [-0.2, -0.15) is 4.98 Å². The summed E-state index contributed by atoms with van der Waals surface area (Å²) in [6, 6.07) is 9.17. The lowest BCUT2D eigenvalue weighted by molar-refractivity contribution is 0.143. The van der Waals surface area contributed by atoms with Gasteiger partial charge in [0, 0.05) is 23.5 Å². The fraction of sp³-hybridized carbons (Fsp3) is 0.600. The van der Waals surface area contributed by atoms with Crippen LogP contribution in [0.5, 0.6) is 0 Å². The molecule has 2 N–H and O–H groups in total. The van der Waals surface area contributed by atoms with E-state index >= 15 is 0 Å². The minimum Gasteiger partial charge on any atom is -0.394 e. The second kappa shape index (κ2) is 7.15. The number of piperidine rings is 1. The molecule has 4 heterocycles. The summed E-state index contributed by atoms with van der Waals surface area (Å²) in [5, 5.41) is 14.4. The fourth-order valence-corrected chi connectivity index (χ4v) is 8.38. The molecular weight excluding hydrogens is 456 g/mol. The van der Waals surface area contributed by atoms with Crippen molar-refractivity contribution in [2.45, 2.75) is 91.0 Å². The van der Waals surface area contributed by atoms with Crippen molar-refractivity contribution in [3.05, 3.63) is 40.5 Å². The highest BCUT2D eigenvalue weighted by Gasteiger charge is 2.57. The van der Waals surface area contributed by atoms with Crippen molar-refractivity contribution in [1.82, 2.24) is 9.97 Å². The van der Waals surface area contributed by atoms with E-state index in [1.165, 1.54) is 12.0 Å². The summed E-state index contributed by atoms with van der Waals surface area (Å²) in [5.74, 6) is 2.04. The Bertz CT molecular complexity index is 1130. The molecule has 3 aliphatic carbocycles. The number of aromatic nitrogens is 2. The van der Waals surface area contributed by atoms with Gasteiger partial charge in [-0.15, -0.1) is 0 Å². The number of halogens is 1. The lowest BCUT2D eigenvalue weighted by Crippen LogP contribution is -2.61. The summed E-state index contributed by atoms with van der Waals surface area (Å²) in [5.41, 5.74) is 2.00. The highest BCUT2D eigenvalue weighted by atomic mass is 35.5. The van der Waals surface area contributed by atoms with E-state index in [0.29, 0.717) is 23.8 Å². The molecule has 1 aromatic carbocycles. The van der Waals surface area contributed by atoms with E-state index in [4.69, 9.17) is 21.6 Å². The van der Waals surface area contributed by atoms with Crippen molar-refractivity contribution >= 4 is 34.2 Å². The molecule has 0 amide bonds. The summed E-state index contributed by atoms with van der Waals surface area (Å²) in [4.78, 5) is 13.2. The molecule has 3 aliphatic heterocycles. The quantitative estimate of drug-likeness (QED) is 0.663. The number of anilines is 2. The number of fused-ring (bicyclic) bond motifs is 3. The Balaban J connectivity index is 1.20. The third-order valence-corrected chi connectivity index (χ3v) is 11.2. The van der Waals surface area contributed by atoms with E-state index in [1.54, 1.807) is 0 Å². The Kier molecular flexibility index (Phi) is 4.48. The van der Waals surface area contributed by atoms with Crippen molar-refractivity contribution in [1.29, 1.82) is 0 Å². The Hall–Kier alpha value is -1.70. The zero-order valence-electron chi connectivity index (χ0n) is 18.6. The maximum Gasteiger partial charge on any atom is 0.228 e. The van der Waals surface area contributed by atoms with Gasteiger partial charge in [0.2, 0.25) is 5.95 Å². The van der Waals surface area contributed by atoms with Crippen LogP contribution in [-0.4, -0.2) is 48.3 Å². The summed E-state index contributed by atoms with van der Waals surface area (Å²) < 4.78 is 13.3. The SMILES string of the molecule is O=[S@@]1c2c(nc(N3C4CC(c5ccc(Cl)cc5)CC3C4)nc2NC2(CO)CCC2)CC12CC2. The van der Waals surface area contributed by atoms with E-state index in [1.807, 2.05) is 12.1 Å². The molecule has 2 unspecified atom stereocenters. The smallest absolute Gasteiger partial charge is 0.228 e. The molecular formula is C25H29ClN4O2S. The van der Waals surface area contributed by atoms with Gasteiger partial charge in [0.05, 0.1) is 33.4 Å². The van der Waals surface area contributed by atoms with Crippen LogP contribution in [-0.2, 0) is 17.2 Å². The number of nitrogens with zero attached hydrogens (tertiary/aromatic N) is 3. The molecule has 6 nitrogen and oxygen atoms in total. The highest BCUT2D eigenvalue weighted by molar-refractivity contribution is 7.87. The first-order valence-corrected chi connectivity index (χ1v) is 13.8. The van der Waals surface area contributed by atoms with Crippen molar-refractivity contribution < 1.29 is 9.32 Å². The average Bonchev–Trinajstić information content (AvgIpc) is 3.51. The van der Waals surface area contributed by atoms with Gasteiger partial charge in [0.25, 0.3) is 0 Å². The van der Waals surface area contributed by atoms with Gasteiger partial charge < -0.3 is 15.3 Å². The minimum absolute atomic E-state index is 0.0800. The molecule has 3 atom stereocenters. The number of benzene rings is 1. The molecule has 6 aliphatic rings. The molecule has 8 heteroatoms. The zero-order chi connectivity index (χ0) is 22.4. The molecule has 2 saturated heterocycles. The number of nitrogens with one attached hydrogen (secondary N) is 1. The molecule has 0 radical (unpaired) electrons. The van der Waals surface area contributed by atoms with Gasteiger partial charge in [-0.1, -0.05) is 23.7 Å². The van der Waals surface area contributed by atoms with Crippen LogP contribution in [0.25, 0.3) is 0 Å².